The summed E-state index contributed by atoms with van der Waals surface area (Å²) in [5, 5.41) is 2.94. The van der Waals surface area contributed by atoms with Crippen molar-refractivity contribution in [1.82, 2.24) is 9.80 Å². The highest BCUT2D eigenvalue weighted by Crippen LogP contribution is 2.22. The van der Waals surface area contributed by atoms with Gasteiger partial charge in [-0.3, -0.25) is 4.79 Å². The maximum atomic E-state index is 12.8. The van der Waals surface area contributed by atoms with Crippen molar-refractivity contribution in [2.24, 2.45) is 0 Å². The Morgan fingerprint density at radius 3 is 2.60 bits per heavy atom. The van der Waals surface area contributed by atoms with E-state index in [1.807, 2.05) is 30.0 Å². The fraction of sp³-hybridized carbons (Fsp3) is 0.579. The van der Waals surface area contributed by atoms with Crippen LogP contribution >= 0.6 is 0 Å². The molecule has 2 heterocycles. The minimum atomic E-state index is -0.116. The molecule has 3 rings (SSSR count). The number of hydrogen-bond acceptors (Lipinski definition) is 3. The second kappa shape index (κ2) is 7.87. The molecule has 1 aromatic rings. The first-order chi connectivity index (χ1) is 12.1. The van der Waals surface area contributed by atoms with Gasteiger partial charge in [0.05, 0.1) is 13.2 Å². The largest absolute Gasteiger partial charge is 0.378 e. The van der Waals surface area contributed by atoms with Gasteiger partial charge in [0.25, 0.3) is 5.91 Å². The molecule has 1 aromatic carbocycles. The van der Waals surface area contributed by atoms with Crippen molar-refractivity contribution in [3.05, 3.63) is 29.3 Å². The van der Waals surface area contributed by atoms with Gasteiger partial charge in [0.15, 0.2) is 0 Å². The summed E-state index contributed by atoms with van der Waals surface area (Å²) in [6, 6.07) is 5.69. The Hall–Kier alpha value is -2.08. The Morgan fingerprint density at radius 1 is 1.16 bits per heavy atom. The summed E-state index contributed by atoms with van der Waals surface area (Å²) in [6.45, 7) is 7.23. The summed E-state index contributed by atoms with van der Waals surface area (Å²) in [5.74, 6) is 0.0846. The minimum absolute atomic E-state index is 0.0846. The molecular formula is C19H27N3O3. The lowest BCUT2D eigenvalue weighted by Crippen LogP contribution is -2.43. The fourth-order valence-electron chi connectivity index (χ4n) is 3.46. The smallest absolute Gasteiger partial charge is 0.322 e. The molecule has 0 aliphatic carbocycles. The van der Waals surface area contributed by atoms with Crippen LogP contribution in [0.4, 0.5) is 10.5 Å². The first-order valence-corrected chi connectivity index (χ1v) is 9.11. The van der Waals surface area contributed by atoms with E-state index in [-0.39, 0.29) is 11.9 Å². The fourth-order valence-corrected chi connectivity index (χ4v) is 3.46. The average molecular weight is 345 g/mol. The maximum absolute atomic E-state index is 12.8. The number of anilines is 1. The van der Waals surface area contributed by atoms with Crippen LogP contribution in [0.5, 0.6) is 0 Å². The number of ether oxygens (including phenoxy) is 1. The number of likely N-dealkylation sites (tertiary alicyclic amines) is 1. The molecule has 0 bridgehead atoms. The highest BCUT2D eigenvalue weighted by atomic mass is 16.5. The molecule has 6 heteroatoms. The number of aryl methyl sites for hydroxylation is 1. The standard InChI is InChI=1S/C19H27N3O3/c1-14-13-16(18(23)22-8-4-3-5-15(22)2)6-7-17(14)20-19(24)21-9-11-25-12-10-21/h6-7,13,15H,3-5,8-12H2,1-2H3,(H,20,24)/t15-/m0/s1. The summed E-state index contributed by atoms with van der Waals surface area (Å²) >= 11 is 0. The van der Waals surface area contributed by atoms with Gasteiger partial charge in [0.1, 0.15) is 0 Å². The number of nitrogens with one attached hydrogen (secondary N) is 1. The summed E-state index contributed by atoms with van der Waals surface area (Å²) < 4.78 is 5.27. The number of urea groups is 1. The molecule has 25 heavy (non-hydrogen) atoms. The molecule has 1 N–H and O–H groups in total. The molecule has 0 radical (unpaired) electrons. The third-order valence-electron chi connectivity index (χ3n) is 5.08. The van der Waals surface area contributed by atoms with Crippen LogP contribution < -0.4 is 5.32 Å². The molecule has 0 saturated carbocycles. The van der Waals surface area contributed by atoms with Crippen LogP contribution in [0, 0.1) is 6.92 Å². The van der Waals surface area contributed by atoms with Crippen LogP contribution in [0.3, 0.4) is 0 Å². The molecule has 2 fully saturated rings. The molecule has 3 amide bonds. The van der Waals surface area contributed by atoms with Gasteiger partial charge in [0.2, 0.25) is 0 Å². The molecule has 2 saturated heterocycles. The van der Waals surface area contributed by atoms with Gasteiger partial charge in [-0.1, -0.05) is 0 Å². The van der Waals surface area contributed by atoms with Gasteiger partial charge in [-0.15, -0.1) is 0 Å². The van der Waals surface area contributed by atoms with E-state index in [0.717, 1.165) is 30.6 Å². The number of carbonyl (C=O) groups is 2. The number of amides is 3. The van der Waals surface area contributed by atoms with Crippen molar-refractivity contribution < 1.29 is 14.3 Å². The van der Waals surface area contributed by atoms with Crippen LogP contribution in [0.1, 0.15) is 42.1 Å². The summed E-state index contributed by atoms with van der Waals surface area (Å²) in [7, 11) is 0. The predicted molar refractivity (Wildman–Crippen MR) is 96.9 cm³/mol. The highest BCUT2D eigenvalue weighted by Gasteiger charge is 2.24. The number of rotatable bonds is 2. The lowest BCUT2D eigenvalue weighted by atomic mass is 10.0. The maximum Gasteiger partial charge on any atom is 0.322 e. The van der Waals surface area contributed by atoms with E-state index in [2.05, 4.69) is 12.2 Å². The van der Waals surface area contributed by atoms with Crippen LogP contribution in [0.25, 0.3) is 0 Å². The number of benzene rings is 1. The molecule has 2 aliphatic heterocycles. The molecular weight excluding hydrogens is 318 g/mol. The van der Waals surface area contributed by atoms with E-state index in [9.17, 15) is 9.59 Å². The summed E-state index contributed by atoms with van der Waals surface area (Å²) in [5.41, 5.74) is 2.34. The second-order valence-electron chi connectivity index (χ2n) is 6.90. The molecule has 0 spiro atoms. The molecule has 136 valence electrons. The summed E-state index contributed by atoms with van der Waals surface area (Å²) in [4.78, 5) is 28.8. The number of morpholine rings is 1. The van der Waals surface area contributed by atoms with Gasteiger partial charge < -0.3 is 19.9 Å². The average Bonchev–Trinajstić information content (AvgIpc) is 2.64. The Bertz CT molecular complexity index is 641. The Balaban J connectivity index is 1.67. The number of hydrogen-bond donors (Lipinski definition) is 1. The summed E-state index contributed by atoms with van der Waals surface area (Å²) in [6.07, 6.45) is 3.33. The van der Waals surface area contributed by atoms with Gasteiger partial charge in [-0.25, -0.2) is 4.79 Å². The third-order valence-corrected chi connectivity index (χ3v) is 5.08. The monoisotopic (exact) mass is 345 g/mol. The number of piperidine rings is 1. The lowest BCUT2D eigenvalue weighted by molar-refractivity contribution is 0.0564. The van der Waals surface area contributed by atoms with Gasteiger partial charge in [0, 0.05) is 36.9 Å². The van der Waals surface area contributed by atoms with Crippen molar-refractivity contribution in [3.63, 3.8) is 0 Å². The zero-order chi connectivity index (χ0) is 17.8. The van der Waals surface area contributed by atoms with Gasteiger partial charge >= 0.3 is 6.03 Å². The van der Waals surface area contributed by atoms with E-state index in [1.54, 1.807) is 4.90 Å². The predicted octanol–water partition coefficient (Wildman–Crippen LogP) is 2.87. The van der Waals surface area contributed by atoms with Crippen molar-refractivity contribution in [3.8, 4) is 0 Å². The van der Waals surface area contributed by atoms with E-state index < -0.39 is 0 Å². The molecule has 6 nitrogen and oxygen atoms in total. The normalized spacial score (nSPS) is 21.1. The Kier molecular flexibility index (Phi) is 5.58. The topological polar surface area (TPSA) is 61.9 Å². The van der Waals surface area contributed by atoms with Crippen molar-refractivity contribution in [1.29, 1.82) is 0 Å². The Labute approximate surface area is 149 Å². The number of nitrogens with zero attached hydrogens (tertiary/aromatic N) is 2. The SMILES string of the molecule is Cc1cc(C(=O)N2CCCC[C@@H]2C)ccc1NC(=O)N1CCOCC1. The second-order valence-corrected chi connectivity index (χ2v) is 6.90. The van der Waals surface area contributed by atoms with E-state index in [0.29, 0.717) is 37.9 Å². The van der Waals surface area contributed by atoms with E-state index in [4.69, 9.17) is 4.74 Å². The van der Waals surface area contributed by atoms with Crippen molar-refractivity contribution >= 4 is 17.6 Å². The van der Waals surface area contributed by atoms with Crippen LogP contribution in [-0.4, -0.2) is 60.6 Å². The first-order valence-electron chi connectivity index (χ1n) is 9.11. The Morgan fingerprint density at radius 2 is 1.92 bits per heavy atom. The van der Waals surface area contributed by atoms with E-state index in [1.165, 1.54) is 6.42 Å². The van der Waals surface area contributed by atoms with Crippen molar-refractivity contribution in [2.45, 2.75) is 39.2 Å². The zero-order valence-corrected chi connectivity index (χ0v) is 15.1. The van der Waals surface area contributed by atoms with Crippen LogP contribution in [0.15, 0.2) is 18.2 Å². The molecule has 1 atom stereocenters. The molecule has 2 aliphatic rings. The quantitative estimate of drug-likeness (QED) is 0.896. The van der Waals surface area contributed by atoms with Crippen LogP contribution in [-0.2, 0) is 4.74 Å². The highest BCUT2D eigenvalue weighted by molar-refractivity contribution is 5.96. The van der Waals surface area contributed by atoms with Gasteiger partial charge in [-0.2, -0.15) is 0 Å². The minimum Gasteiger partial charge on any atom is -0.378 e. The van der Waals surface area contributed by atoms with E-state index >= 15 is 0 Å². The van der Waals surface area contributed by atoms with Crippen LogP contribution in [0.2, 0.25) is 0 Å². The molecule has 0 unspecified atom stereocenters. The zero-order valence-electron chi connectivity index (χ0n) is 15.1. The first kappa shape index (κ1) is 17.7. The lowest BCUT2D eigenvalue weighted by Gasteiger charge is -2.33. The van der Waals surface area contributed by atoms with Crippen molar-refractivity contribution in [2.75, 3.05) is 38.2 Å². The number of carbonyl (C=O) groups excluding carboxylic acids is 2. The third kappa shape index (κ3) is 4.12. The van der Waals surface area contributed by atoms with Gasteiger partial charge in [-0.05, 0) is 56.9 Å². The molecule has 0 aromatic heterocycles.